The van der Waals surface area contributed by atoms with Crippen LogP contribution in [-0.4, -0.2) is 39.5 Å². The minimum Gasteiger partial charge on any atom is -0.440 e. The van der Waals surface area contributed by atoms with E-state index in [9.17, 15) is 4.79 Å². The average Bonchev–Trinajstić information content (AvgIpc) is 3.17. The van der Waals surface area contributed by atoms with E-state index in [1.165, 1.54) is 0 Å². The van der Waals surface area contributed by atoms with Gasteiger partial charge in [-0.05, 0) is 43.7 Å². The van der Waals surface area contributed by atoms with E-state index in [2.05, 4.69) is 19.9 Å². The molecule has 0 aliphatic carbocycles. The number of rotatable bonds is 4. The monoisotopic (exact) mass is 374 g/mol. The van der Waals surface area contributed by atoms with Gasteiger partial charge in [0.2, 0.25) is 0 Å². The second kappa shape index (κ2) is 7.20. The molecule has 6 heteroatoms. The summed E-state index contributed by atoms with van der Waals surface area (Å²) in [7, 11) is 0. The van der Waals surface area contributed by atoms with Gasteiger partial charge in [0.25, 0.3) is 5.56 Å². The lowest BCUT2D eigenvalue weighted by Gasteiger charge is -2.31. The van der Waals surface area contributed by atoms with Crippen LogP contribution in [0.1, 0.15) is 30.5 Å². The predicted octanol–water partition coefficient (Wildman–Crippen LogP) is 3.49. The number of fused-ring (bicyclic) bond motifs is 2. The normalized spacial score (nSPS) is 18.1. The molecule has 1 N–H and O–H groups in total. The highest BCUT2D eigenvalue weighted by atomic mass is 16.3. The molecular formula is C22H22N4O2. The highest BCUT2D eigenvalue weighted by Gasteiger charge is 2.25. The van der Waals surface area contributed by atoms with E-state index in [4.69, 9.17) is 4.42 Å². The number of hydrogen-bond acceptors (Lipinski definition) is 5. The summed E-state index contributed by atoms with van der Waals surface area (Å²) in [6.07, 6.45) is 2.93. The van der Waals surface area contributed by atoms with Crippen LogP contribution in [0, 0.1) is 0 Å². The Morgan fingerprint density at radius 1 is 1.07 bits per heavy atom. The van der Waals surface area contributed by atoms with Gasteiger partial charge in [-0.15, -0.1) is 0 Å². The van der Waals surface area contributed by atoms with Crippen molar-refractivity contribution >= 4 is 22.0 Å². The maximum absolute atomic E-state index is 12.2. The molecule has 0 saturated carbocycles. The lowest BCUT2D eigenvalue weighted by molar-refractivity contribution is 0.195. The number of piperidine rings is 1. The van der Waals surface area contributed by atoms with Crippen molar-refractivity contribution in [1.82, 2.24) is 19.9 Å². The number of likely N-dealkylation sites (tertiary alicyclic amines) is 1. The smallest absolute Gasteiger partial charge is 0.258 e. The number of aromatic nitrogens is 3. The molecule has 1 fully saturated rings. The van der Waals surface area contributed by atoms with Gasteiger partial charge >= 0.3 is 0 Å². The molecule has 2 aromatic heterocycles. The number of hydrogen-bond donors (Lipinski definition) is 1. The van der Waals surface area contributed by atoms with Gasteiger partial charge in [-0.3, -0.25) is 4.79 Å². The van der Waals surface area contributed by atoms with Crippen molar-refractivity contribution in [3.8, 4) is 0 Å². The first-order valence-corrected chi connectivity index (χ1v) is 9.82. The van der Waals surface area contributed by atoms with E-state index < -0.39 is 0 Å². The molecular weight excluding hydrogens is 352 g/mol. The SMILES string of the molecule is O=c1[nH]c(CCN2CCCC(c3nc4ccccc4o3)C2)nc2ccccc12. The Hall–Kier alpha value is -2.99. The third-order valence-electron chi connectivity index (χ3n) is 5.49. The Labute approximate surface area is 162 Å². The second-order valence-electron chi connectivity index (χ2n) is 7.44. The molecule has 2 aromatic carbocycles. The summed E-state index contributed by atoms with van der Waals surface area (Å²) in [6.45, 7) is 2.83. The molecule has 1 unspecified atom stereocenters. The zero-order valence-electron chi connectivity index (χ0n) is 15.6. The Balaban J connectivity index is 1.29. The van der Waals surface area contributed by atoms with Gasteiger partial charge in [0.1, 0.15) is 11.3 Å². The van der Waals surface area contributed by atoms with E-state index in [1.807, 2.05) is 42.5 Å². The molecule has 0 spiro atoms. The number of para-hydroxylation sites is 3. The highest BCUT2D eigenvalue weighted by molar-refractivity contribution is 5.77. The van der Waals surface area contributed by atoms with Crippen LogP contribution < -0.4 is 5.56 Å². The summed E-state index contributed by atoms with van der Waals surface area (Å²) in [6, 6.07) is 15.4. The first kappa shape index (κ1) is 17.1. The number of H-pyrrole nitrogens is 1. The van der Waals surface area contributed by atoms with Crippen LogP contribution in [0.2, 0.25) is 0 Å². The van der Waals surface area contributed by atoms with Gasteiger partial charge in [-0.25, -0.2) is 9.97 Å². The lowest BCUT2D eigenvalue weighted by atomic mass is 9.98. The first-order chi connectivity index (χ1) is 13.8. The van der Waals surface area contributed by atoms with Crippen LogP contribution in [0.5, 0.6) is 0 Å². The fraction of sp³-hybridized carbons (Fsp3) is 0.318. The largest absolute Gasteiger partial charge is 0.440 e. The molecule has 6 nitrogen and oxygen atoms in total. The third-order valence-corrected chi connectivity index (χ3v) is 5.49. The van der Waals surface area contributed by atoms with Gasteiger partial charge in [-0.1, -0.05) is 24.3 Å². The molecule has 1 aliphatic heterocycles. The highest BCUT2D eigenvalue weighted by Crippen LogP contribution is 2.28. The summed E-state index contributed by atoms with van der Waals surface area (Å²) < 4.78 is 5.98. The Morgan fingerprint density at radius 3 is 2.79 bits per heavy atom. The Kier molecular flexibility index (Phi) is 4.41. The molecule has 1 aliphatic rings. The molecule has 142 valence electrons. The van der Waals surface area contributed by atoms with Crippen molar-refractivity contribution in [2.75, 3.05) is 19.6 Å². The molecule has 1 saturated heterocycles. The topological polar surface area (TPSA) is 75.0 Å². The van der Waals surface area contributed by atoms with Crippen molar-refractivity contribution in [1.29, 1.82) is 0 Å². The zero-order chi connectivity index (χ0) is 18.9. The molecule has 0 amide bonds. The molecule has 5 rings (SSSR count). The number of nitrogens with one attached hydrogen (secondary N) is 1. The number of benzene rings is 2. The van der Waals surface area contributed by atoms with Gasteiger partial charge in [0, 0.05) is 25.4 Å². The summed E-state index contributed by atoms with van der Waals surface area (Å²) in [4.78, 5) is 26.9. The van der Waals surface area contributed by atoms with Crippen LogP contribution in [0.15, 0.2) is 57.7 Å². The minimum atomic E-state index is -0.0661. The fourth-order valence-electron chi connectivity index (χ4n) is 4.04. The maximum atomic E-state index is 12.2. The van der Waals surface area contributed by atoms with Gasteiger partial charge < -0.3 is 14.3 Å². The fourth-order valence-corrected chi connectivity index (χ4v) is 4.04. The average molecular weight is 374 g/mol. The third kappa shape index (κ3) is 3.31. The van der Waals surface area contributed by atoms with Crippen molar-refractivity contribution in [3.05, 3.63) is 70.6 Å². The molecule has 0 radical (unpaired) electrons. The van der Waals surface area contributed by atoms with Gasteiger partial charge in [0.15, 0.2) is 11.5 Å². The van der Waals surface area contributed by atoms with Gasteiger partial charge in [0.05, 0.1) is 10.9 Å². The second-order valence-corrected chi connectivity index (χ2v) is 7.44. The van der Waals surface area contributed by atoms with Crippen LogP contribution in [0.3, 0.4) is 0 Å². The van der Waals surface area contributed by atoms with Crippen molar-refractivity contribution in [3.63, 3.8) is 0 Å². The Morgan fingerprint density at radius 2 is 1.89 bits per heavy atom. The van der Waals surface area contributed by atoms with Gasteiger partial charge in [-0.2, -0.15) is 0 Å². The van der Waals surface area contributed by atoms with Crippen molar-refractivity contribution < 1.29 is 4.42 Å². The maximum Gasteiger partial charge on any atom is 0.258 e. The van der Waals surface area contributed by atoms with E-state index in [0.29, 0.717) is 11.3 Å². The molecule has 1 atom stereocenters. The Bertz CT molecular complexity index is 1150. The summed E-state index contributed by atoms with van der Waals surface area (Å²) in [5, 5.41) is 0.639. The zero-order valence-corrected chi connectivity index (χ0v) is 15.6. The standard InChI is InChI=1S/C22H22N4O2/c27-21-16-7-1-2-8-17(16)23-20(25-21)11-13-26-12-5-6-15(14-26)22-24-18-9-3-4-10-19(18)28-22/h1-4,7-10,15H,5-6,11-14H2,(H,23,25,27). The number of nitrogens with zero attached hydrogens (tertiary/aromatic N) is 3. The predicted molar refractivity (Wildman–Crippen MR) is 108 cm³/mol. The van der Waals surface area contributed by atoms with Crippen LogP contribution >= 0.6 is 0 Å². The molecule has 0 bridgehead atoms. The van der Waals surface area contributed by atoms with E-state index in [0.717, 1.165) is 67.2 Å². The first-order valence-electron chi connectivity index (χ1n) is 9.82. The number of aromatic amines is 1. The molecule has 28 heavy (non-hydrogen) atoms. The lowest BCUT2D eigenvalue weighted by Crippen LogP contribution is -2.36. The summed E-state index contributed by atoms with van der Waals surface area (Å²) in [5.74, 6) is 1.89. The van der Waals surface area contributed by atoms with E-state index in [-0.39, 0.29) is 5.56 Å². The van der Waals surface area contributed by atoms with E-state index in [1.54, 1.807) is 6.07 Å². The van der Waals surface area contributed by atoms with Crippen LogP contribution in [0.25, 0.3) is 22.0 Å². The number of oxazole rings is 1. The van der Waals surface area contributed by atoms with Crippen LogP contribution in [-0.2, 0) is 6.42 Å². The summed E-state index contributed by atoms with van der Waals surface area (Å²) >= 11 is 0. The molecule has 4 aromatic rings. The summed E-state index contributed by atoms with van der Waals surface area (Å²) in [5.41, 5.74) is 2.47. The quantitative estimate of drug-likeness (QED) is 0.592. The minimum absolute atomic E-state index is 0.0661. The van der Waals surface area contributed by atoms with Crippen LogP contribution in [0.4, 0.5) is 0 Å². The molecule has 3 heterocycles. The van der Waals surface area contributed by atoms with Crippen molar-refractivity contribution in [2.24, 2.45) is 0 Å². The van der Waals surface area contributed by atoms with Crippen molar-refractivity contribution in [2.45, 2.75) is 25.2 Å². The van der Waals surface area contributed by atoms with E-state index >= 15 is 0 Å².